The molecule has 2 nitrogen and oxygen atoms in total. The Labute approximate surface area is 110 Å². The number of anilines is 1. The van der Waals surface area contributed by atoms with Gasteiger partial charge in [0, 0.05) is 11.3 Å². The molecule has 0 aliphatic rings. The Kier molecular flexibility index (Phi) is 3.69. The van der Waals surface area contributed by atoms with E-state index < -0.39 is 12.5 Å². The standard InChI is InChI=1S/C15H15F2NO/c1-11-9-13(7-8-14(11)18)19-10-15(16,17)12-5-3-2-4-6-12/h2-9H,10,18H2,1H3. The highest BCUT2D eigenvalue weighted by atomic mass is 19.3. The number of hydrogen-bond donors (Lipinski definition) is 1. The van der Waals surface area contributed by atoms with Gasteiger partial charge in [-0.2, -0.15) is 8.78 Å². The molecule has 0 aliphatic carbocycles. The van der Waals surface area contributed by atoms with Gasteiger partial charge in [-0.1, -0.05) is 30.3 Å². The van der Waals surface area contributed by atoms with Crippen molar-refractivity contribution in [2.75, 3.05) is 12.3 Å². The molecule has 0 atom stereocenters. The second kappa shape index (κ2) is 5.26. The van der Waals surface area contributed by atoms with Crippen LogP contribution in [0.1, 0.15) is 11.1 Å². The first kappa shape index (κ1) is 13.3. The molecule has 0 fully saturated rings. The highest BCUT2D eigenvalue weighted by Gasteiger charge is 2.32. The van der Waals surface area contributed by atoms with Crippen LogP contribution in [0.15, 0.2) is 48.5 Å². The largest absolute Gasteiger partial charge is 0.487 e. The van der Waals surface area contributed by atoms with Crippen LogP contribution in [-0.4, -0.2) is 6.61 Å². The maximum Gasteiger partial charge on any atom is 0.306 e. The lowest BCUT2D eigenvalue weighted by Crippen LogP contribution is -2.23. The van der Waals surface area contributed by atoms with Crippen LogP contribution in [0.5, 0.6) is 5.75 Å². The highest BCUT2D eigenvalue weighted by molar-refractivity contribution is 5.49. The van der Waals surface area contributed by atoms with Gasteiger partial charge in [0.1, 0.15) is 5.75 Å². The third kappa shape index (κ3) is 3.22. The number of benzene rings is 2. The number of halogens is 2. The van der Waals surface area contributed by atoms with Crippen LogP contribution in [0, 0.1) is 6.92 Å². The van der Waals surface area contributed by atoms with Gasteiger partial charge in [-0.25, -0.2) is 0 Å². The minimum absolute atomic E-state index is 0.0535. The summed E-state index contributed by atoms with van der Waals surface area (Å²) in [7, 11) is 0. The molecule has 0 spiro atoms. The molecule has 19 heavy (non-hydrogen) atoms. The smallest absolute Gasteiger partial charge is 0.306 e. The zero-order valence-electron chi connectivity index (χ0n) is 10.6. The predicted octanol–water partition coefficient (Wildman–Crippen LogP) is 3.75. The summed E-state index contributed by atoms with van der Waals surface area (Å²) in [5.74, 6) is -2.63. The first-order valence-electron chi connectivity index (χ1n) is 5.91. The molecule has 0 unspecified atom stereocenters. The molecule has 0 aliphatic heterocycles. The minimum Gasteiger partial charge on any atom is -0.487 e. The van der Waals surface area contributed by atoms with E-state index in [0.29, 0.717) is 11.4 Å². The number of nitrogens with two attached hydrogens (primary N) is 1. The molecule has 0 saturated heterocycles. The molecule has 2 aromatic rings. The monoisotopic (exact) mass is 263 g/mol. The summed E-state index contributed by atoms with van der Waals surface area (Å²) in [6.07, 6.45) is 0. The van der Waals surface area contributed by atoms with Crippen molar-refractivity contribution < 1.29 is 13.5 Å². The molecule has 0 amide bonds. The number of hydrogen-bond acceptors (Lipinski definition) is 2. The average Bonchev–Trinajstić information content (AvgIpc) is 2.41. The van der Waals surface area contributed by atoms with E-state index in [9.17, 15) is 8.78 Å². The van der Waals surface area contributed by atoms with Crippen molar-refractivity contribution in [2.45, 2.75) is 12.8 Å². The van der Waals surface area contributed by atoms with Gasteiger partial charge in [0.05, 0.1) is 0 Å². The van der Waals surface area contributed by atoms with Gasteiger partial charge >= 0.3 is 5.92 Å². The van der Waals surface area contributed by atoms with E-state index in [1.807, 2.05) is 0 Å². The van der Waals surface area contributed by atoms with Crippen molar-refractivity contribution in [3.8, 4) is 5.75 Å². The van der Waals surface area contributed by atoms with Gasteiger partial charge in [-0.05, 0) is 30.7 Å². The average molecular weight is 263 g/mol. The Morgan fingerprint density at radius 2 is 1.79 bits per heavy atom. The van der Waals surface area contributed by atoms with Crippen molar-refractivity contribution in [1.29, 1.82) is 0 Å². The second-order valence-electron chi connectivity index (χ2n) is 4.38. The molecule has 0 heterocycles. The Balaban J connectivity index is 2.07. The number of aryl methyl sites for hydroxylation is 1. The van der Waals surface area contributed by atoms with E-state index >= 15 is 0 Å². The Morgan fingerprint density at radius 1 is 1.11 bits per heavy atom. The molecular formula is C15H15F2NO. The summed E-state index contributed by atoms with van der Waals surface area (Å²) in [6.45, 7) is 1.11. The lowest BCUT2D eigenvalue weighted by molar-refractivity contribution is -0.0467. The number of nitrogen functional groups attached to an aromatic ring is 1. The van der Waals surface area contributed by atoms with Crippen LogP contribution in [0.25, 0.3) is 0 Å². The van der Waals surface area contributed by atoms with Gasteiger partial charge < -0.3 is 10.5 Å². The van der Waals surface area contributed by atoms with Crippen molar-refractivity contribution in [1.82, 2.24) is 0 Å². The molecule has 100 valence electrons. The SMILES string of the molecule is Cc1cc(OCC(F)(F)c2ccccc2)ccc1N. The van der Waals surface area contributed by atoms with Crippen molar-refractivity contribution in [2.24, 2.45) is 0 Å². The maximum absolute atomic E-state index is 13.9. The van der Waals surface area contributed by atoms with Crippen molar-refractivity contribution in [3.05, 3.63) is 59.7 Å². The van der Waals surface area contributed by atoms with Gasteiger partial charge in [-0.15, -0.1) is 0 Å². The van der Waals surface area contributed by atoms with E-state index in [0.717, 1.165) is 5.56 Å². The zero-order chi connectivity index (χ0) is 13.9. The fourth-order valence-electron chi connectivity index (χ4n) is 1.68. The highest BCUT2D eigenvalue weighted by Crippen LogP contribution is 2.29. The van der Waals surface area contributed by atoms with Gasteiger partial charge in [-0.3, -0.25) is 0 Å². The minimum atomic E-state index is -3.02. The van der Waals surface area contributed by atoms with Gasteiger partial charge in [0.25, 0.3) is 0 Å². The lowest BCUT2D eigenvalue weighted by atomic mass is 10.1. The summed E-state index contributed by atoms with van der Waals surface area (Å²) in [4.78, 5) is 0. The topological polar surface area (TPSA) is 35.2 Å². The molecule has 0 aromatic heterocycles. The van der Waals surface area contributed by atoms with Crippen LogP contribution in [0.2, 0.25) is 0 Å². The fourth-order valence-corrected chi connectivity index (χ4v) is 1.68. The first-order valence-corrected chi connectivity index (χ1v) is 5.91. The van der Waals surface area contributed by atoms with Crippen LogP contribution < -0.4 is 10.5 Å². The van der Waals surface area contributed by atoms with Crippen LogP contribution in [0.3, 0.4) is 0 Å². The lowest BCUT2D eigenvalue weighted by Gasteiger charge is -2.17. The molecule has 0 saturated carbocycles. The van der Waals surface area contributed by atoms with E-state index in [4.69, 9.17) is 10.5 Å². The van der Waals surface area contributed by atoms with Crippen LogP contribution in [0.4, 0.5) is 14.5 Å². The van der Waals surface area contributed by atoms with Crippen LogP contribution in [-0.2, 0) is 5.92 Å². The summed E-state index contributed by atoms with van der Waals surface area (Å²) in [5, 5.41) is 0. The van der Waals surface area contributed by atoms with Crippen molar-refractivity contribution >= 4 is 5.69 Å². The first-order chi connectivity index (χ1) is 8.99. The quantitative estimate of drug-likeness (QED) is 0.853. The Hall–Kier alpha value is -2.10. The predicted molar refractivity (Wildman–Crippen MR) is 71.4 cm³/mol. The molecule has 2 aromatic carbocycles. The number of rotatable bonds is 4. The molecule has 4 heteroatoms. The zero-order valence-corrected chi connectivity index (χ0v) is 10.6. The van der Waals surface area contributed by atoms with E-state index in [-0.39, 0.29) is 5.56 Å². The number of ether oxygens (including phenoxy) is 1. The molecule has 0 radical (unpaired) electrons. The molecular weight excluding hydrogens is 248 g/mol. The van der Waals surface area contributed by atoms with Crippen LogP contribution >= 0.6 is 0 Å². The third-order valence-corrected chi connectivity index (χ3v) is 2.86. The maximum atomic E-state index is 13.9. The third-order valence-electron chi connectivity index (χ3n) is 2.86. The summed E-state index contributed by atoms with van der Waals surface area (Å²) >= 11 is 0. The number of alkyl halides is 2. The molecule has 2 N–H and O–H groups in total. The Bertz CT molecular complexity index is 555. The summed E-state index contributed by atoms with van der Waals surface area (Å²) < 4.78 is 32.9. The van der Waals surface area contributed by atoms with Gasteiger partial charge in [0.15, 0.2) is 6.61 Å². The normalized spacial score (nSPS) is 11.3. The Morgan fingerprint density at radius 3 is 2.42 bits per heavy atom. The van der Waals surface area contributed by atoms with E-state index in [1.165, 1.54) is 12.1 Å². The van der Waals surface area contributed by atoms with Gasteiger partial charge in [0.2, 0.25) is 0 Å². The van der Waals surface area contributed by atoms with E-state index in [1.54, 1.807) is 43.3 Å². The second-order valence-corrected chi connectivity index (χ2v) is 4.38. The summed E-state index contributed by atoms with van der Waals surface area (Å²) in [5.41, 5.74) is 7.02. The van der Waals surface area contributed by atoms with Crippen molar-refractivity contribution in [3.63, 3.8) is 0 Å². The molecule has 0 bridgehead atoms. The fraction of sp³-hybridized carbons (Fsp3) is 0.200. The van der Waals surface area contributed by atoms with E-state index in [2.05, 4.69) is 0 Å². The summed E-state index contributed by atoms with van der Waals surface area (Å²) in [6, 6.07) is 12.5. The molecule has 2 rings (SSSR count).